The van der Waals surface area contributed by atoms with Crippen LogP contribution < -0.4 is 10.6 Å². The Hall–Kier alpha value is -1.39. The Bertz CT molecular complexity index is 458. The SMILES string of the molecule is CC(COCc1ccccc1)NC(=O)CC(C)C1CCNCC1. The molecular formula is C19H30N2O2. The zero-order valence-electron chi connectivity index (χ0n) is 14.4. The zero-order chi connectivity index (χ0) is 16.5. The highest BCUT2D eigenvalue weighted by atomic mass is 16.5. The topological polar surface area (TPSA) is 50.4 Å². The Morgan fingerprint density at radius 2 is 1.96 bits per heavy atom. The predicted octanol–water partition coefficient (Wildman–Crippen LogP) is 2.73. The standard InChI is InChI=1S/C19H30N2O2/c1-15(18-8-10-20-11-9-18)12-19(22)21-16(2)13-23-14-17-6-4-3-5-7-17/h3-7,15-16,18,20H,8-14H2,1-2H3,(H,21,22). The van der Waals surface area contributed by atoms with Crippen LogP contribution >= 0.6 is 0 Å². The average Bonchev–Trinajstić information content (AvgIpc) is 2.56. The van der Waals surface area contributed by atoms with E-state index in [1.807, 2.05) is 37.3 Å². The lowest BCUT2D eigenvalue weighted by Crippen LogP contribution is -2.38. The van der Waals surface area contributed by atoms with Crippen LogP contribution in [0.5, 0.6) is 0 Å². The van der Waals surface area contributed by atoms with Crippen molar-refractivity contribution < 1.29 is 9.53 Å². The van der Waals surface area contributed by atoms with Gasteiger partial charge < -0.3 is 15.4 Å². The minimum absolute atomic E-state index is 0.0476. The monoisotopic (exact) mass is 318 g/mol. The van der Waals surface area contributed by atoms with Gasteiger partial charge in [0.15, 0.2) is 0 Å². The maximum absolute atomic E-state index is 12.2. The molecular weight excluding hydrogens is 288 g/mol. The van der Waals surface area contributed by atoms with Gasteiger partial charge in [0.2, 0.25) is 5.91 Å². The van der Waals surface area contributed by atoms with E-state index in [1.165, 1.54) is 12.8 Å². The normalized spacial score (nSPS) is 18.3. The molecule has 1 fully saturated rings. The number of piperidine rings is 1. The summed E-state index contributed by atoms with van der Waals surface area (Å²) in [6.07, 6.45) is 2.99. The van der Waals surface area contributed by atoms with E-state index in [0.717, 1.165) is 18.7 Å². The number of hydrogen-bond donors (Lipinski definition) is 2. The van der Waals surface area contributed by atoms with E-state index in [9.17, 15) is 4.79 Å². The molecule has 0 aliphatic carbocycles. The van der Waals surface area contributed by atoms with Gasteiger partial charge >= 0.3 is 0 Å². The summed E-state index contributed by atoms with van der Waals surface area (Å²) in [5, 5.41) is 6.43. The van der Waals surface area contributed by atoms with E-state index in [-0.39, 0.29) is 11.9 Å². The Labute approximate surface area is 140 Å². The van der Waals surface area contributed by atoms with Crippen LogP contribution in [0.2, 0.25) is 0 Å². The lowest BCUT2D eigenvalue weighted by molar-refractivity contribution is -0.123. The molecule has 0 radical (unpaired) electrons. The molecule has 0 bridgehead atoms. The summed E-state index contributed by atoms with van der Waals surface area (Å²) in [6, 6.07) is 10.1. The van der Waals surface area contributed by atoms with Gasteiger partial charge in [-0.25, -0.2) is 0 Å². The third-order valence-electron chi connectivity index (χ3n) is 4.58. The van der Waals surface area contributed by atoms with Crippen molar-refractivity contribution in [3.8, 4) is 0 Å². The Balaban J connectivity index is 1.62. The van der Waals surface area contributed by atoms with Crippen molar-refractivity contribution in [2.24, 2.45) is 11.8 Å². The van der Waals surface area contributed by atoms with Gasteiger partial charge in [-0.3, -0.25) is 4.79 Å². The largest absolute Gasteiger partial charge is 0.375 e. The Morgan fingerprint density at radius 3 is 2.65 bits per heavy atom. The fourth-order valence-electron chi connectivity index (χ4n) is 3.18. The van der Waals surface area contributed by atoms with Crippen LogP contribution in [0, 0.1) is 11.8 Å². The number of benzene rings is 1. The molecule has 2 atom stereocenters. The highest BCUT2D eigenvalue weighted by Gasteiger charge is 2.22. The minimum atomic E-state index is 0.0476. The summed E-state index contributed by atoms with van der Waals surface area (Å²) >= 11 is 0. The lowest BCUT2D eigenvalue weighted by atomic mass is 9.84. The molecule has 1 saturated heterocycles. The van der Waals surface area contributed by atoms with Gasteiger partial charge in [0, 0.05) is 12.5 Å². The fourth-order valence-corrected chi connectivity index (χ4v) is 3.18. The highest BCUT2D eigenvalue weighted by Crippen LogP contribution is 2.24. The highest BCUT2D eigenvalue weighted by molar-refractivity contribution is 5.76. The van der Waals surface area contributed by atoms with Crippen LogP contribution in [0.3, 0.4) is 0 Å². The first kappa shape index (κ1) is 18.0. The molecule has 128 valence electrons. The molecule has 1 aromatic rings. The van der Waals surface area contributed by atoms with E-state index in [1.54, 1.807) is 0 Å². The van der Waals surface area contributed by atoms with Crippen LogP contribution in [0.1, 0.15) is 38.7 Å². The maximum Gasteiger partial charge on any atom is 0.220 e. The summed E-state index contributed by atoms with van der Waals surface area (Å²) in [7, 11) is 0. The van der Waals surface area contributed by atoms with Crippen LogP contribution in [-0.2, 0) is 16.1 Å². The molecule has 23 heavy (non-hydrogen) atoms. The quantitative estimate of drug-likeness (QED) is 0.775. The van der Waals surface area contributed by atoms with Gasteiger partial charge in [0.25, 0.3) is 0 Å². The molecule has 2 rings (SSSR count). The summed E-state index contributed by atoms with van der Waals surface area (Å²) in [5.41, 5.74) is 1.16. The maximum atomic E-state index is 12.2. The summed E-state index contributed by atoms with van der Waals surface area (Å²) in [4.78, 5) is 12.2. The van der Waals surface area contributed by atoms with Gasteiger partial charge in [0.05, 0.1) is 13.2 Å². The number of ether oxygens (including phenoxy) is 1. The zero-order valence-corrected chi connectivity index (χ0v) is 14.4. The molecule has 0 spiro atoms. The third kappa shape index (κ3) is 6.71. The molecule has 4 heteroatoms. The van der Waals surface area contributed by atoms with Crippen molar-refractivity contribution in [2.45, 2.75) is 45.8 Å². The van der Waals surface area contributed by atoms with Crippen molar-refractivity contribution in [3.05, 3.63) is 35.9 Å². The van der Waals surface area contributed by atoms with Crippen molar-refractivity contribution in [1.82, 2.24) is 10.6 Å². The Morgan fingerprint density at radius 1 is 1.26 bits per heavy atom. The number of hydrogen-bond acceptors (Lipinski definition) is 3. The molecule has 1 aromatic carbocycles. The number of rotatable bonds is 8. The average molecular weight is 318 g/mol. The predicted molar refractivity (Wildman–Crippen MR) is 93.1 cm³/mol. The Kier molecular flexibility index (Phi) is 7.56. The molecule has 0 aromatic heterocycles. The van der Waals surface area contributed by atoms with Crippen molar-refractivity contribution >= 4 is 5.91 Å². The summed E-state index contributed by atoms with van der Waals surface area (Å²) in [6.45, 7) is 7.50. The molecule has 2 unspecified atom stereocenters. The molecule has 1 aliphatic rings. The van der Waals surface area contributed by atoms with Gasteiger partial charge in [0.1, 0.15) is 0 Å². The van der Waals surface area contributed by atoms with Crippen molar-refractivity contribution in [1.29, 1.82) is 0 Å². The minimum Gasteiger partial charge on any atom is -0.375 e. The molecule has 2 N–H and O–H groups in total. The van der Waals surface area contributed by atoms with Crippen LogP contribution in [0.4, 0.5) is 0 Å². The van der Waals surface area contributed by atoms with Gasteiger partial charge in [-0.05, 0) is 50.3 Å². The van der Waals surface area contributed by atoms with Gasteiger partial charge in [-0.1, -0.05) is 37.3 Å². The van der Waals surface area contributed by atoms with Crippen molar-refractivity contribution in [3.63, 3.8) is 0 Å². The number of nitrogens with one attached hydrogen (secondary N) is 2. The number of amides is 1. The number of carbonyl (C=O) groups is 1. The van der Waals surface area contributed by atoms with Crippen LogP contribution in [0.15, 0.2) is 30.3 Å². The molecule has 1 heterocycles. The van der Waals surface area contributed by atoms with E-state index in [4.69, 9.17) is 4.74 Å². The molecule has 1 amide bonds. The third-order valence-corrected chi connectivity index (χ3v) is 4.58. The van der Waals surface area contributed by atoms with Crippen molar-refractivity contribution in [2.75, 3.05) is 19.7 Å². The molecule has 1 aliphatic heterocycles. The smallest absolute Gasteiger partial charge is 0.220 e. The summed E-state index contributed by atoms with van der Waals surface area (Å²) < 4.78 is 5.68. The second kappa shape index (κ2) is 9.68. The second-order valence-corrected chi connectivity index (χ2v) is 6.74. The first-order valence-corrected chi connectivity index (χ1v) is 8.77. The second-order valence-electron chi connectivity index (χ2n) is 6.74. The summed E-state index contributed by atoms with van der Waals surface area (Å²) in [5.74, 6) is 1.27. The van der Waals surface area contributed by atoms with E-state index < -0.39 is 0 Å². The van der Waals surface area contributed by atoms with Gasteiger partial charge in [-0.15, -0.1) is 0 Å². The van der Waals surface area contributed by atoms with Crippen LogP contribution in [0.25, 0.3) is 0 Å². The van der Waals surface area contributed by atoms with E-state index >= 15 is 0 Å². The van der Waals surface area contributed by atoms with Gasteiger partial charge in [-0.2, -0.15) is 0 Å². The first-order valence-electron chi connectivity index (χ1n) is 8.77. The van der Waals surface area contributed by atoms with Crippen LogP contribution in [-0.4, -0.2) is 31.6 Å². The van der Waals surface area contributed by atoms with E-state index in [0.29, 0.717) is 31.5 Å². The first-order chi connectivity index (χ1) is 11.1. The lowest BCUT2D eigenvalue weighted by Gasteiger charge is -2.28. The fraction of sp³-hybridized carbons (Fsp3) is 0.632. The number of carbonyl (C=O) groups excluding carboxylic acids is 1. The molecule has 0 saturated carbocycles. The van der Waals surface area contributed by atoms with E-state index in [2.05, 4.69) is 17.6 Å². The molecule has 4 nitrogen and oxygen atoms in total.